The molecule has 0 aliphatic rings. The first-order valence-electron chi connectivity index (χ1n) is 16.3. The topological polar surface area (TPSA) is 161 Å². The first kappa shape index (κ1) is 45.0. The molecule has 0 heterocycles. The van der Waals surface area contributed by atoms with Gasteiger partial charge in [-0.25, -0.2) is 4.79 Å². The Balaban J connectivity index is 6.46. The summed E-state index contributed by atoms with van der Waals surface area (Å²) in [6, 6.07) is -1.03. The molecule has 1 amide bonds. The fraction of sp³-hybridized carbons (Fsp3) is 0.853. The number of hydrogen-bond donors (Lipinski definition) is 1. The molecular formula is C34H63N3O11. The van der Waals surface area contributed by atoms with E-state index in [2.05, 4.69) is 0 Å². The quantitative estimate of drug-likeness (QED) is 0.197. The minimum Gasteiger partial charge on any atom is -0.459 e. The molecule has 14 nitrogen and oxygen atoms in total. The van der Waals surface area contributed by atoms with Crippen molar-refractivity contribution < 1.29 is 52.8 Å². The summed E-state index contributed by atoms with van der Waals surface area (Å²) in [4.78, 5) is 69.0. The lowest BCUT2D eigenvalue weighted by molar-refractivity contribution is -0.161. The van der Waals surface area contributed by atoms with E-state index in [4.69, 9.17) is 23.7 Å². The van der Waals surface area contributed by atoms with Crippen LogP contribution in [0.15, 0.2) is 0 Å². The molecule has 0 bridgehead atoms. The fourth-order valence-electron chi connectivity index (χ4n) is 4.13. The highest BCUT2D eigenvalue weighted by Crippen LogP contribution is 2.16. The Kier molecular flexibility index (Phi) is 17.0. The zero-order valence-electron chi connectivity index (χ0n) is 32.1. The van der Waals surface area contributed by atoms with Gasteiger partial charge in [0.25, 0.3) is 0 Å². The number of esters is 4. The highest BCUT2D eigenvalue weighted by molar-refractivity contribution is 5.79. The van der Waals surface area contributed by atoms with Crippen LogP contribution in [0.4, 0.5) is 4.79 Å². The average Bonchev–Trinajstić information content (AvgIpc) is 2.78. The lowest BCUT2D eigenvalue weighted by Gasteiger charge is -2.36. The molecule has 0 saturated heterocycles. The van der Waals surface area contributed by atoms with Gasteiger partial charge >= 0.3 is 30.0 Å². The van der Waals surface area contributed by atoms with Gasteiger partial charge < -0.3 is 28.8 Å². The van der Waals surface area contributed by atoms with E-state index in [0.29, 0.717) is 0 Å². The van der Waals surface area contributed by atoms with E-state index in [0.717, 1.165) is 4.90 Å². The van der Waals surface area contributed by atoms with Gasteiger partial charge in [-0.3, -0.25) is 33.9 Å². The van der Waals surface area contributed by atoms with Crippen molar-refractivity contribution >= 4 is 30.0 Å². The normalized spacial score (nSPS) is 13.5. The standard InChI is InChI=1S/C34H63N3O11/c1-30(2,3)44-25(39)19-35(16-17-36(20-26(40)45-31(4,5)6)21-27(41)46-32(7,8)9)18-24(23-38)37(29(43)48-34(13,14)15)22-28(42)47-33(10,11)12/h24,38H,16-23H2,1-15H3/t24-/m1/s1. The van der Waals surface area contributed by atoms with Crippen LogP contribution >= 0.6 is 0 Å². The Labute approximate surface area is 287 Å². The monoisotopic (exact) mass is 689 g/mol. The van der Waals surface area contributed by atoms with Crippen LogP contribution in [0.5, 0.6) is 0 Å². The Morgan fingerprint density at radius 1 is 0.479 bits per heavy atom. The summed E-state index contributed by atoms with van der Waals surface area (Å²) in [5.41, 5.74) is -4.06. The van der Waals surface area contributed by atoms with E-state index >= 15 is 0 Å². The Morgan fingerprint density at radius 2 is 0.771 bits per heavy atom. The number of hydrogen-bond acceptors (Lipinski definition) is 13. The highest BCUT2D eigenvalue weighted by atomic mass is 16.6. The molecule has 0 aliphatic heterocycles. The summed E-state index contributed by atoms with van der Waals surface area (Å²) >= 11 is 0. The van der Waals surface area contributed by atoms with Gasteiger partial charge in [-0.2, -0.15) is 0 Å². The maximum Gasteiger partial charge on any atom is 0.411 e. The summed E-state index contributed by atoms with van der Waals surface area (Å²) in [5, 5.41) is 10.5. The van der Waals surface area contributed by atoms with Crippen LogP contribution < -0.4 is 0 Å². The molecule has 0 radical (unpaired) electrons. The van der Waals surface area contributed by atoms with E-state index in [9.17, 15) is 29.1 Å². The van der Waals surface area contributed by atoms with Crippen LogP contribution in [0.25, 0.3) is 0 Å². The van der Waals surface area contributed by atoms with Crippen molar-refractivity contribution in [2.45, 2.75) is 138 Å². The SMILES string of the molecule is CC(C)(C)OC(=O)CN(CCN(CC(=O)OC(C)(C)C)C[C@H](CO)N(CC(=O)OC(C)(C)C)C(=O)OC(C)(C)C)CC(=O)OC(C)(C)C. The molecule has 0 aromatic heterocycles. The molecule has 0 rings (SSSR count). The van der Waals surface area contributed by atoms with E-state index in [-0.39, 0.29) is 39.3 Å². The number of nitrogens with zero attached hydrogens (tertiary/aromatic N) is 3. The molecule has 0 aromatic rings. The minimum atomic E-state index is -1.03. The fourth-order valence-corrected chi connectivity index (χ4v) is 4.13. The predicted octanol–water partition coefficient (Wildman–Crippen LogP) is 3.56. The Bertz CT molecular complexity index is 1040. The first-order valence-corrected chi connectivity index (χ1v) is 16.3. The van der Waals surface area contributed by atoms with Crippen LogP contribution in [-0.4, -0.2) is 136 Å². The van der Waals surface area contributed by atoms with Crippen molar-refractivity contribution in [3.05, 3.63) is 0 Å². The third-order valence-corrected chi connectivity index (χ3v) is 5.52. The van der Waals surface area contributed by atoms with E-state index in [1.807, 2.05) is 0 Å². The number of carbonyl (C=O) groups is 5. The van der Waals surface area contributed by atoms with E-state index in [1.54, 1.807) is 109 Å². The molecule has 0 aliphatic carbocycles. The second kappa shape index (κ2) is 18.1. The van der Waals surface area contributed by atoms with Crippen molar-refractivity contribution in [2.24, 2.45) is 0 Å². The van der Waals surface area contributed by atoms with Crippen LogP contribution in [0.1, 0.15) is 104 Å². The number of aliphatic hydroxyl groups excluding tert-OH is 1. The minimum absolute atomic E-state index is 0.0793. The van der Waals surface area contributed by atoms with Gasteiger partial charge in [-0.15, -0.1) is 0 Å². The van der Waals surface area contributed by atoms with Gasteiger partial charge in [-0.1, -0.05) is 0 Å². The second-order valence-electron chi connectivity index (χ2n) is 16.7. The molecule has 0 unspecified atom stereocenters. The molecule has 1 N–H and O–H groups in total. The number of carbonyl (C=O) groups excluding carboxylic acids is 5. The lowest BCUT2D eigenvalue weighted by atomic mass is 10.2. The van der Waals surface area contributed by atoms with Crippen molar-refractivity contribution in [1.29, 1.82) is 0 Å². The molecular weight excluding hydrogens is 626 g/mol. The highest BCUT2D eigenvalue weighted by Gasteiger charge is 2.34. The number of aliphatic hydroxyl groups is 1. The molecule has 0 spiro atoms. The molecule has 280 valence electrons. The average molecular weight is 690 g/mol. The van der Waals surface area contributed by atoms with Gasteiger partial charge in [-0.05, 0) is 104 Å². The van der Waals surface area contributed by atoms with Gasteiger partial charge in [0.1, 0.15) is 34.6 Å². The largest absolute Gasteiger partial charge is 0.459 e. The predicted molar refractivity (Wildman–Crippen MR) is 180 cm³/mol. The lowest BCUT2D eigenvalue weighted by Crippen LogP contribution is -2.54. The van der Waals surface area contributed by atoms with E-state index < -0.39 is 77.2 Å². The van der Waals surface area contributed by atoms with Gasteiger partial charge in [0.2, 0.25) is 0 Å². The van der Waals surface area contributed by atoms with Gasteiger partial charge in [0.05, 0.1) is 32.3 Å². The second-order valence-corrected chi connectivity index (χ2v) is 16.7. The summed E-state index contributed by atoms with van der Waals surface area (Å²) in [6.45, 7) is 23.8. The summed E-state index contributed by atoms with van der Waals surface area (Å²) < 4.78 is 27.5. The molecule has 1 atom stereocenters. The smallest absolute Gasteiger partial charge is 0.411 e. The van der Waals surface area contributed by atoms with Crippen LogP contribution in [-0.2, 0) is 42.9 Å². The zero-order chi connectivity index (χ0) is 37.9. The number of amides is 1. The van der Waals surface area contributed by atoms with Crippen LogP contribution in [0, 0.1) is 0 Å². The molecule has 0 fully saturated rings. The first-order chi connectivity index (χ1) is 21.4. The van der Waals surface area contributed by atoms with Crippen molar-refractivity contribution in [2.75, 3.05) is 52.4 Å². The third kappa shape index (κ3) is 23.4. The Morgan fingerprint density at radius 3 is 1.08 bits per heavy atom. The zero-order valence-corrected chi connectivity index (χ0v) is 32.1. The van der Waals surface area contributed by atoms with E-state index in [1.165, 1.54) is 4.90 Å². The summed E-state index contributed by atoms with van der Waals surface area (Å²) in [6.07, 6.45) is -0.860. The van der Waals surface area contributed by atoms with Crippen LogP contribution in [0.2, 0.25) is 0 Å². The van der Waals surface area contributed by atoms with Crippen molar-refractivity contribution in [3.8, 4) is 0 Å². The van der Waals surface area contributed by atoms with Crippen LogP contribution in [0.3, 0.4) is 0 Å². The maximum absolute atomic E-state index is 13.4. The molecule has 14 heteroatoms. The van der Waals surface area contributed by atoms with Crippen molar-refractivity contribution in [1.82, 2.24) is 14.7 Å². The third-order valence-electron chi connectivity index (χ3n) is 5.52. The maximum atomic E-state index is 13.4. The Hall–Kier alpha value is -2.97. The number of ether oxygens (including phenoxy) is 5. The number of rotatable bonds is 15. The van der Waals surface area contributed by atoms with Gasteiger partial charge in [0.15, 0.2) is 0 Å². The van der Waals surface area contributed by atoms with Gasteiger partial charge in [0, 0.05) is 19.6 Å². The summed E-state index contributed by atoms with van der Waals surface area (Å²) in [5.74, 6) is -2.43. The molecule has 48 heavy (non-hydrogen) atoms. The summed E-state index contributed by atoms with van der Waals surface area (Å²) in [7, 11) is 0. The van der Waals surface area contributed by atoms with Crippen molar-refractivity contribution in [3.63, 3.8) is 0 Å². The molecule has 0 aromatic carbocycles. The molecule has 0 saturated carbocycles.